The molecule has 0 aromatic heterocycles. The van der Waals surface area contributed by atoms with E-state index in [2.05, 4.69) is 20.8 Å². The predicted octanol–water partition coefficient (Wildman–Crippen LogP) is 12.4. The highest BCUT2D eigenvalue weighted by Gasteiger charge is 2.36. The third-order valence-corrected chi connectivity index (χ3v) is 13.1. The molecule has 6 rings (SSSR count). The van der Waals surface area contributed by atoms with Crippen molar-refractivity contribution in [2.45, 2.75) is 124 Å². The van der Waals surface area contributed by atoms with Crippen molar-refractivity contribution in [3.8, 4) is 23.0 Å². The Morgan fingerprint density at radius 2 is 0.846 bits per heavy atom. The minimum Gasteiger partial charge on any atom is -0.490 e. The normalized spacial score (nSPS) is 29.4. The van der Waals surface area contributed by atoms with Gasteiger partial charge in [-0.1, -0.05) is 33.6 Å². The van der Waals surface area contributed by atoms with Crippen LogP contribution >= 0.6 is 0 Å². The lowest BCUT2D eigenvalue weighted by molar-refractivity contribution is 0.0800. The van der Waals surface area contributed by atoms with Crippen LogP contribution in [0.1, 0.15) is 124 Å². The summed E-state index contributed by atoms with van der Waals surface area (Å²) in [4.78, 5) is 0. The molecule has 0 amide bonds. The average molecular weight is 731 g/mol. The first kappa shape index (κ1) is 39.1. The second-order valence-corrected chi connectivity index (χ2v) is 17.3. The third-order valence-electron chi connectivity index (χ3n) is 13.1. The third kappa shape index (κ3) is 10.3. The molecule has 0 N–H and O–H groups in total. The number of fused-ring (bicyclic) bond motifs is 2. The Hall–Kier alpha value is -2.64. The smallest absolute Gasteiger partial charge is 0.204 e. The van der Waals surface area contributed by atoms with Gasteiger partial charge in [0.25, 0.3) is 0 Å². The fourth-order valence-corrected chi connectivity index (χ4v) is 10.0. The summed E-state index contributed by atoms with van der Waals surface area (Å²) >= 11 is 0. The molecule has 0 spiro atoms. The molecular formula is C44H62F4O4. The van der Waals surface area contributed by atoms with Crippen LogP contribution in [0.5, 0.6) is 23.0 Å². The zero-order valence-electron chi connectivity index (χ0n) is 31.8. The first-order valence-corrected chi connectivity index (χ1v) is 20.6. The molecule has 2 aromatic rings. The largest absolute Gasteiger partial charge is 0.490 e. The first-order chi connectivity index (χ1) is 25.1. The summed E-state index contributed by atoms with van der Waals surface area (Å²) in [5, 5.41) is 0. The Labute approximate surface area is 309 Å². The van der Waals surface area contributed by atoms with Crippen LogP contribution in [0.15, 0.2) is 24.3 Å². The van der Waals surface area contributed by atoms with Crippen molar-refractivity contribution >= 4 is 0 Å². The molecule has 0 radical (unpaired) electrons. The van der Waals surface area contributed by atoms with Gasteiger partial charge in [-0.2, -0.15) is 17.6 Å². The maximum absolute atomic E-state index is 14.8. The molecule has 8 unspecified atom stereocenters. The lowest BCUT2D eigenvalue weighted by atomic mass is 9.65. The Morgan fingerprint density at radius 3 is 1.25 bits per heavy atom. The molecule has 0 aliphatic heterocycles. The van der Waals surface area contributed by atoms with E-state index in [1.807, 2.05) is 0 Å². The zero-order chi connectivity index (χ0) is 36.6. The van der Waals surface area contributed by atoms with Crippen molar-refractivity contribution in [3.63, 3.8) is 0 Å². The van der Waals surface area contributed by atoms with Crippen LogP contribution in [0.3, 0.4) is 0 Å². The summed E-state index contributed by atoms with van der Waals surface area (Å²) in [6, 6.07) is 5.86. The van der Waals surface area contributed by atoms with Crippen LogP contribution in [0, 0.1) is 76.5 Å². The lowest BCUT2D eigenvalue weighted by Gasteiger charge is -2.41. The quantitative estimate of drug-likeness (QED) is 0.127. The molecule has 0 bridgehead atoms. The number of benzene rings is 2. The molecule has 4 saturated carbocycles. The Bertz CT molecular complexity index is 1330. The van der Waals surface area contributed by atoms with Crippen molar-refractivity contribution in [2.75, 3.05) is 26.4 Å². The summed E-state index contributed by atoms with van der Waals surface area (Å²) in [5.74, 6) is 1.58. The highest BCUT2D eigenvalue weighted by atomic mass is 19.2. The molecule has 8 atom stereocenters. The van der Waals surface area contributed by atoms with Crippen LogP contribution in [0.25, 0.3) is 0 Å². The van der Waals surface area contributed by atoms with E-state index in [9.17, 15) is 17.6 Å². The highest BCUT2D eigenvalue weighted by molar-refractivity contribution is 5.36. The number of halogens is 4. The highest BCUT2D eigenvalue weighted by Crippen LogP contribution is 2.46. The fourth-order valence-electron chi connectivity index (χ4n) is 10.0. The Kier molecular flexibility index (Phi) is 14.0. The molecule has 4 aliphatic rings. The zero-order valence-corrected chi connectivity index (χ0v) is 31.8. The van der Waals surface area contributed by atoms with E-state index in [-0.39, 0.29) is 36.2 Å². The molecule has 4 aliphatic carbocycles. The molecule has 8 heteroatoms. The summed E-state index contributed by atoms with van der Waals surface area (Å²) in [6.45, 7) is 8.17. The number of hydrogen-bond acceptors (Lipinski definition) is 4. The topological polar surface area (TPSA) is 36.9 Å². The number of ether oxygens (including phenoxy) is 4. The van der Waals surface area contributed by atoms with Gasteiger partial charge in [0, 0.05) is 0 Å². The summed E-state index contributed by atoms with van der Waals surface area (Å²) < 4.78 is 82.1. The second kappa shape index (κ2) is 18.6. The number of rotatable bonds is 16. The van der Waals surface area contributed by atoms with Gasteiger partial charge in [-0.05, 0) is 167 Å². The Balaban J connectivity index is 0.839. The van der Waals surface area contributed by atoms with Crippen molar-refractivity contribution < 1.29 is 36.5 Å². The number of hydrogen-bond donors (Lipinski definition) is 0. The van der Waals surface area contributed by atoms with Crippen LogP contribution in [0.2, 0.25) is 0 Å². The molecule has 0 saturated heterocycles. The minimum atomic E-state index is -1.01. The molecule has 52 heavy (non-hydrogen) atoms. The van der Waals surface area contributed by atoms with Gasteiger partial charge in [-0.25, -0.2) is 0 Å². The van der Waals surface area contributed by atoms with Gasteiger partial charge in [0.1, 0.15) is 0 Å². The summed E-state index contributed by atoms with van der Waals surface area (Å²) in [5.41, 5.74) is 0. The van der Waals surface area contributed by atoms with Gasteiger partial charge in [0.15, 0.2) is 23.0 Å². The van der Waals surface area contributed by atoms with Crippen molar-refractivity contribution in [3.05, 3.63) is 47.5 Å². The van der Waals surface area contributed by atoms with E-state index in [4.69, 9.17) is 18.9 Å². The van der Waals surface area contributed by atoms with E-state index < -0.39 is 23.3 Å². The lowest BCUT2D eigenvalue weighted by Crippen LogP contribution is -2.32. The monoisotopic (exact) mass is 730 g/mol. The predicted molar refractivity (Wildman–Crippen MR) is 197 cm³/mol. The van der Waals surface area contributed by atoms with E-state index in [0.29, 0.717) is 43.8 Å². The van der Waals surface area contributed by atoms with Crippen LogP contribution in [0.4, 0.5) is 17.6 Å². The molecule has 0 heterocycles. The fraction of sp³-hybridized carbons (Fsp3) is 0.727. The van der Waals surface area contributed by atoms with Crippen LogP contribution < -0.4 is 18.9 Å². The molecule has 2 aromatic carbocycles. The molecule has 290 valence electrons. The molecule has 4 nitrogen and oxygen atoms in total. The average Bonchev–Trinajstić information content (AvgIpc) is 3.14. The summed E-state index contributed by atoms with van der Waals surface area (Å²) in [6.07, 6.45) is 17.6. The maximum atomic E-state index is 14.8. The van der Waals surface area contributed by atoms with Gasteiger partial charge in [-0.3, -0.25) is 0 Å². The molecular weight excluding hydrogens is 668 g/mol. The van der Waals surface area contributed by atoms with Crippen molar-refractivity contribution in [2.24, 2.45) is 53.3 Å². The SMILES string of the molecule is CC(CCCOc1ccc(OCC2CCC3CC(C)CCC3C2)c(F)c1F)CCCOc1ccc(OCC2CCC3CC(C)CCC3C2)c(F)c1F. The van der Waals surface area contributed by atoms with Gasteiger partial charge < -0.3 is 18.9 Å². The van der Waals surface area contributed by atoms with E-state index >= 15 is 0 Å². The summed E-state index contributed by atoms with van der Waals surface area (Å²) in [7, 11) is 0. The van der Waals surface area contributed by atoms with Crippen LogP contribution in [-0.4, -0.2) is 26.4 Å². The Morgan fingerprint density at radius 1 is 0.500 bits per heavy atom. The minimum absolute atomic E-state index is 0.0478. The van der Waals surface area contributed by atoms with E-state index in [1.165, 1.54) is 75.6 Å². The molecule has 4 fully saturated rings. The second-order valence-electron chi connectivity index (χ2n) is 17.3. The van der Waals surface area contributed by atoms with Crippen molar-refractivity contribution in [1.29, 1.82) is 0 Å². The van der Waals surface area contributed by atoms with E-state index in [0.717, 1.165) is 74.0 Å². The van der Waals surface area contributed by atoms with Gasteiger partial charge in [-0.15, -0.1) is 0 Å². The first-order valence-electron chi connectivity index (χ1n) is 20.6. The van der Waals surface area contributed by atoms with Crippen molar-refractivity contribution in [1.82, 2.24) is 0 Å². The standard InChI is InChI=1S/C44H62F4O4/c1-28(6-4-20-49-37-16-18-39(43(47)41(37)45)51-26-31-10-14-33-22-29(2)8-12-35(33)24-31)7-5-21-50-38-17-19-40(44(48)42(38)46)52-27-32-11-15-34-23-30(3)9-13-36(34)25-32/h16-19,28-36H,4-15,20-27H2,1-3H3. The van der Waals surface area contributed by atoms with Gasteiger partial charge >= 0.3 is 0 Å². The van der Waals surface area contributed by atoms with Gasteiger partial charge in [0.05, 0.1) is 26.4 Å². The van der Waals surface area contributed by atoms with E-state index in [1.54, 1.807) is 0 Å². The van der Waals surface area contributed by atoms with Crippen LogP contribution in [-0.2, 0) is 0 Å². The van der Waals surface area contributed by atoms with Gasteiger partial charge in [0.2, 0.25) is 23.3 Å². The maximum Gasteiger partial charge on any atom is 0.204 e.